The van der Waals surface area contributed by atoms with E-state index in [2.05, 4.69) is 27.4 Å². The summed E-state index contributed by atoms with van der Waals surface area (Å²) >= 11 is 2.84. The fourth-order valence-corrected chi connectivity index (χ4v) is 2.67. The van der Waals surface area contributed by atoms with E-state index in [-0.39, 0.29) is 5.91 Å². The molecule has 94 valence electrons. The summed E-state index contributed by atoms with van der Waals surface area (Å²) < 4.78 is 0.793. The number of hydrogen-bond acceptors (Lipinski definition) is 6. The minimum atomic E-state index is -0.0246. The Bertz CT molecular complexity index is 378. The van der Waals surface area contributed by atoms with Crippen LogP contribution in [0.5, 0.6) is 0 Å². The number of hydrogen-bond donors (Lipinski definition) is 2. The third-order valence-corrected chi connectivity index (χ3v) is 3.58. The molecule has 1 amide bonds. The number of carbonyl (C=O) groups is 1. The molecule has 0 saturated heterocycles. The van der Waals surface area contributed by atoms with Gasteiger partial charge in [-0.05, 0) is 13.8 Å². The molecule has 5 nitrogen and oxygen atoms in total. The third-order valence-electron chi connectivity index (χ3n) is 1.59. The SMILES string of the molecule is C=CCNC(=O)CSc1nnc(NC(C)C)s1. The van der Waals surface area contributed by atoms with E-state index < -0.39 is 0 Å². The van der Waals surface area contributed by atoms with Gasteiger partial charge >= 0.3 is 0 Å². The molecule has 1 heterocycles. The Morgan fingerprint density at radius 1 is 1.59 bits per heavy atom. The first-order valence-corrected chi connectivity index (χ1v) is 7.02. The van der Waals surface area contributed by atoms with Crippen LogP contribution in [-0.4, -0.2) is 34.4 Å². The van der Waals surface area contributed by atoms with Crippen LogP contribution in [0.2, 0.25) is 0 Å². The van der Waals surface area contributed by atoms with Crippen LogP contribution in [0.1, 0.15) is 13.8 Å². The van der Waals surface area contributed by atoms with Crippen LogP contribution in [0.3, 0.4) is 0 Å². The monoisotopic (exact) mass is 272 g/mol. The Labute approximate surface area is 109 Å². The van der Waals surface area contributed by atoms with Crippen molar-refractivity contribution < 1.29 is 4.79 Å². The summed E-state index contributed by atoms with van der Waals surface area (Å²) in [6, 6.07) is 0.330. The van der Waals surface area contributed by atoms with Crippen molar-refractivity contribution in [2.75, 3.05) is 17.6 Å². The lowest BCUT2D eigenvalue weighted by Crippen LogP contribution is -2.24. The van der Waals surface area contributed by atoms with Crippen LogP contribution in [-0.2, 0) is 4.79 Å². The van der Waals surface area contributed by atoms with Crippen molar-refractivity contribution in [1.82, 2.24) is 15.5 Å². The van der Waals surface area contributed by atoms with E-state index in [0.717, 1.165) is 9.47 Å². The maximum absolute atomic E-state index is 11.3. The highest BCUT2D eigenvalue weighted by molar-refractivity contribution is 8.01. The molecule has 0 spiro atoms. The molecule has 0 unspecified atom stereocenters. The molecule has 0 atom stereocenters. The number of nitrogens with zero attached hydrogens (tertiary/aromatic N) is 2. The Hall–Kier alpha value is -1.08. The van der Waals surface area contributed by atoms with E-state index in [1.165, 1.54) is 23.1 Å². The second-order valence-electron chi connectivity index (χ2n) is 3.55. The molecule has 2 N–H and O–H groups in total. The largest absolute Gasteiger partial charge is 0.358 e. The van der Waals surface area contributed by atoms with E-state index in [0.29, 0.717) is 18.3 Å². The van der Waals surface area contributed by atoms with Gasteiger partial charge in [0, 0.05) is 12.6 Å². The quantitative estimate of drug-likeness (QED) is 0.585. The number of rotatable bonds is 7. The van der Waals surface area contributed by atoms with Crippen molar-refractivity contribution in [1.29, 1.82) is 0 Å². The Kier molecular flexibility index (Phi) is 5.99. The fourth-order valence-electron chi connectivity index (χ4n) is 0.938. The molecule has 0 fully saturated rings. The summed E-state index contributed by atoms with van der Waals surface area (Å²) in [5.41, 5.74) is 0. The van der Waals surface area contributed by atoms with Crippen LogP contribution in [0.25, 0.3) is 0 Å². The third kappa shape index (κ3) is 5.69. The summed E-state index contributed by atoms with van der Waals surface area (Å²) in [4.78, 5) is 11.3. The van der Waals surface area contributed by atoms with Crippen LogP contribution >= 0.6 is 23.1 Å². The molecule has 0 saturated carbocycles. The second kappa shape index (κ2) is 7.29. The van der Waals surface area contributed by atoms with Crippen LogP contribution in [0.15, 0.2) is 17.0 Å². The molecule has 0 bridgehead atoms. The summed E-state index contributed by atoms with van der Waals surface area (Å²) in [6.45, 7) is 8.10. The molecule has 0 aliphatic carbocycles. The van der Waals surface area contributed by atoms with Gasteiger partial charge in [0.25, 0.3) is 0 Å². The molecule has 1 aromatic heterocycles. The Balaban J connectivity index is 2.34. The lowest BCUT2D eigenvalue weighted by molar-refractivity contribution is -0.118. The highest BCUT2D eigenvalue weighted by Gasteiger charge is 2.07. The average Bonchev–Trinajstić information content (AvgIpc) is 2.70. The molecule has 0 aliphatic rings. The minimum absolute atomic E-state index is 0.0246. The highest BCUT2D eigenvalue weighted by atomic mass is 32.2. The number of anilines is 1. The van der Waals surface area contributed by atoms with Gasteiger partial charge in [0.15, 0.2) is 4.34 Å². The van der Waals surface area contributed by atoms with Gasteiger partial charge in [0.1, 0.15) is 0 Å². The maximum Gasteiger partial charge on any atom is 0.230 e. The number of thioether (sulfide) groups is 1. The van der Waals surface area contributed by atoms with Crippen molar-refractivity contribution in [3.63, 3.8) is 0 Å². The first-order valence-electron chi connectivity index (χ1n) is 5.22. The predicted octanol–water partition coefficient (Wildman–Crippen LogP) is 1.75. The minimum Gasteiger partial charge on any atom is -0.358 e. The Morgan fingerprint density at radius 2 is 2.35 bits per heavy atom. The van der Waals surface area contributed by atoms with Gasteiger partial charge in [-0.25, -0.2) is 0 Å². The van der Waals surface area contributed by atoms with E-state index in [4.69, 9.17) is 0 Å². The van der Waals surface area contributed by atoms with Crippen molar-refractivity contribution in [2.45, 2.75) is 24.2 Å². The van der Waals surface area contributed by atoms with Crippen molar-refractivity contribution in [2.24, 2.45) is 0 Å². The van der Waals surface area contributed by atoms with E-state index >= 15 is 0 Å². The zero-order valence-electron chi connectivity index (χ0n) is 9.90. The average molecular weight is 272 g/mol. The first-order chi connectivity index (χ1) is 8.11. The number of amides is 1. The molecule has 0 aliphatic heterocycles. The van der Waals surface area contributed by atoms with E-state index in [1.807, 2.05) is 13.8 Å². The highest BCUT2D eigenvalue weighted by Crippen LogP contribution is 2.25. The lowest BCUT2D eigenvalue weighted by Gasteiger charge is -2.03. The summed E-state index contributed by atoms with van der Waals surface area (Å²) in [6.07, 6.45) is 1.65. The van der Waals surface area contributed by atoms with Gasteiger partial charge in [-0.15, -0.1) is 16.8 Å². The van der Waals surface area contributed by atoms with E-state index in [1.54, 1.807) is 6.08 Å². The molecule has 17 heavy (non-hydrogen) atoms. The van der Waals surface area contributed by atoms with Crippen molar-refractivity contribution in [3.05, 3.63) is 12.7 Å². The summed E-state index contributed by atoms with van der Waals surface area (Å²) in [7, 11) is 0. The van der Waals surface area contributed by atoms with Gasteiger partial charge in [-0.1, -0.05) is 29.2 Å². The fraction of sp³-hybridized carbons (Fsp3) is 0.500. The molecular formula is C10H16N4OS2. The number of nitrogens with one attached hydrogen (secondary N) is 2. The smallest absolute Gasteiger partial charge is 0.230 e. The van der Waals surface area contributed by atoms with Gasteiger partial charge in [-0.3, -0.25) is 4.79 Å². The molecule has 0 aromatic carbocycles. The molecule has 1 aromatic rings. The molecule has 1 rings (SSSR count). The standard InChI is InChI=1S/C10H16N4OS2/c1-4-5-11-8(15)6-16-10-14-13-9(17-10)12-7(2)3/h4,7H,1,5-6H2,2-3H3,(H,11,15)(H,12,13). The number of aromatic nitrogens is 2. The predicted molar refractivity (Wildman–Crippen MR) is 72.6 cm³/mol. The molecule has 0 radical (unpaired) electrons. The van der Waals surface area contributed by atoms with Crippen LogP contribution < -0.4 is 10.6 Å². The molecular weight excluding hydrogens is 256 g/mol. The summed E-state index contributed by atoms with van der Waals surface area (Å²) in [5, 5.41) is 14.6. The second-order valence-corrected chi connectivity index (χ2v) is 5.75. The lowest BCUT2D eigenvalue weighted by atomic mass is 10.4. The van der Waals surface area contributed by atoms with Crippen molar-refractivity contribution in [3.8, 4) is 0 Å². The Morgan fingerprint density at radius 3 is 3.00 bits per heavy atom. The first kappa shape index (κ1) is 14.0. The van der Waals surface area contributed by atoms with Crippen molar-refractivity contribution >= 4 is 34.1 Å². The normalized spacial score (nSPS) is 10.3. The van der Waals surface area contributed by atoms with Gasteiger partial charge in [-0.2, -0.15) is 0 Å². The topological polar surface area (TPSA) is 66.9 Å². The van der Waals surface area contributed by atoms with Crippen LogP contribution in [0.4, 0.5) is 5.13 Å². The van der Waals surface area contributed by atoms with Gasteiger partial charge < -0.3 is 10.6 Å². The zero-order valence-corrected chi connectivity index (χ0v) is 11.5. The zero-order chi connectivity index (χ0) is 12.7. The summed E-state index contributed by atoms with van der Waals surface area (Å²) in [5.74, 6) is 0.327. The van der Waals surface area contributed by atoms with Gasteiger partial charge in [0.05, 0.1) is 5.75 Å². The maximum atomic E-state index is 11.3. The van der Waals surface area contributed by atoms with Gasteiger partial charge in [0.2, 0.25) is 11.0 Å². The number of carbonyl (C=O) groups excluding carboxylic acids is 1. The van der Waals surface area contributed by atoms with Crippen LogP contribution in [0, 0.1) is 0 Å². The molecule has 7 heteroatoms. The van der Waals surface area contributed by atoms with E-state index in [9.17, 15) is 4.79 Å².